The third-order valence-electron chi connectivity index (χ3n) is 4.61. The summed E-state index contributed by atoms with van der Waals surface area (Å²) in [7, 11) is 0. The Morgan fingerprint density at radius 3 is 1.84 bits per heavy atom. The number of benzene rings is 4. The molecule has 0 nitrogen and oxygen atoms in total. The maximum absolute atomic E-state index is 6.34. The Bertz CT molecular complexity index is 1070. The van der Waals surface area contributed by atoms with Gasteiger partial charge in [-0.25, -0.2) is 0 Å². The first-order valence-electron chi connectivity index (χ1n) is 8.07. The van der Waals surface area contributed by atoms with Crippen molar-refractivity contribution in [3.8, 4) is 11.1 Å². The van der Waals surface area contributed by atoms with Crippen molar-refractivity contribution in [2.45, 2.75) is 9.62 Å². The number of hydrogen-bond donors (Lipinski definition) is 0. The van der Waals surface area contributed by atoms with Crippen molar-refractivity contribution in [2.24, 2.45) is 0 Å². The Balaban J connectivity index is 2.22. The minimum Gasteiger partial charge on any atom is -0.122 e. The Morgan fingerprint density at radius 1 is 0.680 bits per heavy atom. The van der Waals surface area contributed by atoms with Crippen molar-refractivity contribution in [3.05, 3.63) is 83.9 Å². The second kappa shape index (κ2) is 7.11. The average molecular weight is 475 g/mol. The van der Waals surface area contributed by atoms with Gasteiger partial charge in [0.1, 0.15) is 0 Å². The van der Waals surface area contributed by atoms with Crippen LogP contribution in [0, 0.1) is 0 Å². The van der Waals surface area contributed by atoms with E-state index in [0.717, 1.165) is 5.56 Å². The maximum Gasteiger partial charge on any atom is 0.0952 e. The van der Waals surface area contributed by atoms with Crippen molar-refractivity contribution in [1.29, 1.82) is 0 Å². The van der Waals surface area contributed by atoms with Crippen LogP contribution in [0.3, 0.4) is 0 Å². The summed E-state index contributed by atoms with van der Waals surface area (Å²) >= 11 is 13.8. The van der Waals surface area contributed by atoms with E-state index in [9.17, 15) is 0 Å². The molecule has 0 aliphatic rings. The summed E-state index contributed by atoms with van der Waals surface area (Å²) in [6, 6.07) is 25.7. The summed E-state index contributed by atoms with van der Waals surface area (Å²) in [5.41, 5.74) is 4.83. The van der Waals surface area contributed by atoms with Gasteiger partial charge >= 0.3 is 0 Å². The molecule has 0 heterocycles. The first-order valence-corrected chi connectivity index (χ1v) is 10.4. The Labute approximate surface area is 169 Å². The standard InChI is InChI=1S/C22H15Br2Cl/c23-22(24)19-12-11-15-6-2-4-8-18(15)21(19)20-16(13-25)10-9-14-5-1-3-7-17(14)20/h1-12,22H,13H2. The first kappa shape index (κ1) is 17.1. The quantitative estimate of drug-likeness (QED) is 0.263. The van der Waals surface area contributed by atoms with Gasteiger partial charge in [-0.15, -0.1) is 11.6 Å². The molecule has 0 unspecified atom stereocenters. The third-order valence-corrected chi connectivity index (χ3v) is 5.88. The van der Waals surface area contributed by atoms with Gasteiger partial charge in [-0.2, -0.15) is 0 Å². The van der Waals surface area contributed by atoms with Crippen LogP contribution < -0.4 is 0 Å². The van der Waals surface area contributed by atoms with Crippen LogP contribution >= 0.6 is 43.5 Å². The number of halogens is 3. The van der Waals surface area contributed by atoms with Crippen molar-refractivity contribution >= 4 is 65.0 Å². The largest absolute Gasteiger partial charge is 0.122 e. The minimum atomic E-state index is 0.0711. The van der Waals surface area contributed by atoms with Gasteiger partial charge in [0, 0.05) is 5.88 Å². The number of hydrogen-bond acceptors (Lipinski definition) is 0. The lowest BCUT2D eigenvalue weighted by Crippen LogP contribution is -1.95. The molecular formula is C22H15Br2Cl. The lowest BCUT2D eigenvalue weighted by molar-refractivity contribution is 1.39. The highest BCUT2D eigenvalue weighted by Crippen LogP contribution is 2.44. The fraction of sp³-hybridized carbons (Fsp3) is 0.0909. The van der Waals surface area contributed by atoms with Crippen LogP contribution in [0.2, 0.25) is 0 Å². The second-order valence-electron chi connectivity index (χ2n) is 6.01. The zero-order valence-corrected chi connectivity index (χ0v) is 17.3. The van der Waals surface area contributed by atoms with Crippen LogP contribution in [-0.2, 0) is 5.88 Å². The first-order chi connectivity index (χ1) is 12.2. The van der Waals surface area contributed by atoms with E-state index in [1.807, 2.05) is 0 Å². The van der Waals surface area contributed by atoms with Crippen LogP contribution in [0.4, 0.5) is 0 Å². The van der Waals surface area contributed by atoms with E-state index in [4.69, 9.17) is 11.6 Å². The Morgan fingerprint density at radius 2 is 1.24 bits per heavy atom. The molecule has 0 aliphatic heterocycles. The van der Waals surface area contributed by atoms with E-state index in [1.54, 1.807) is 0 Å². The van der Waals surface area contributed by atoms with Crippen LogP contribution in [0.15, 0.2) is 72.8 Å². The number of fused-ring (bicyclic) bond motifs is 2. The van der Waals surface area contributed by atoms with Crippen LogP contribution in [0.25, 0.3) is 32.7 Å². The molecular weight excluding hydrogens is 460 g/mol. The van der Waals surface area contributed by atoms with Gasteiger partial charge in [-0.3, -0.25) is 0 Å². The summed E-state index contributed by atoms with van der Waals surface area (Å²) in [5, 5.41) is 4.94. The van der Waals surface area contributed by atoms with E-state index in [1.165, 1.54) is 38.2 Å². The van der Waals surface area contributed by atoms with Crippen LogP contribution in [0.5, 0.6) is 0 Å². The molecule has 4 aromatic rings. The molecule has 3 heteroatoms. The van der Waals surface area contributed by atoms with Gasteiger partial charge in [0.15, 0.2) is 0 Å². The lowest BCUT2D eigenvalue weighted by atomic mass is 9.88. The molecule has 4 rings (SSSR count). The number of alkyl halides is 3. The van der Waals surface area contributed by atoms with Gasteiger partial charge in [0.05, 0.1) is 3.74 Å². The summed E-state index contributed by atoms with van der Waals surface area (Å²) in [4.78, 5) is 0. The fourth-order valence-corrected chi connectivity index (χ4v) is 4.46. The fourth-order valence-electron chi connectivity index (χ4n) is 3.47. The smallest absolute Gasteiger partial charge is 0.0952 e. The SMILES string of the molecule is ClCc1ccc2ccccc2c1-c1c(C(Br)Br)ccc2ccccc12. The summed E-state index contributed by atoms with van der Waals surface area (Å²) in [5.74, 6) is 0.484. The molecule has 0 bridgehead atoms. The zero-order valence-electron chi connectivity index (χ0n) is 13.3. The molecule has 0 radical (unpaired) electrons. The highest BCUT2D eigenvalue weighted by Gasteiger charge is 2.18. The van der Waals surface area contributed by atoms with Crippen molar-refractivity contribution in [1.82, 2.24) is 0 Å². The van der Waals surface area contributed by atoms with Gasteiger partial charge in [-0.1, -0.05) is 105 Å². The molecule has 124 valence electrons. The van der Waals surface area contributed by atoms with Gasteiger partial charge in [0.2, 0.25) is 0 Å². The molecule has 0 saturated heterocycles. The molecule has 0 fully saturated rings. The lowest BCUT2D eigenvalue weighted by Gasteiger charge is -2.19. The average Bonchev–Trinajstić information content (AvgIpc) is 2.66. The molecule has 0 saturated carbocycles. The summed E-state index contributed by atoms with van der Waals surface area (Å²) in [6.07, 6.45) is 0. The molecule has 0 aliphatic carbocycles. The monoisotopic (exact) mass is 472 g/mol. The van der Waals surface area contributed by atoms with Gasteiger partial charge in [0.25, 0.3) is 0 Å². The highest BCUT2D eigenvalue weighted by molar-refractivity contribution is 9.24. The van der Waals surface area contributed by atoms with E-state index in [0.29, 0.717) is 5.88 Å². The van der Waals surface area contributed by atoms with E-state index < -0.39 is 0 Å². The Hall–Kier alpha value is -1.35. The summed E-state index contributed by atoms with van der Waals surface area (Å²) < 4.78 is 0.0711. The Kier molecular flexibility index (Phi) is 4.86. The normalized spacial score (nSPS) is 11.5. The van der Waals surface area contributed by atoms with Crippen LogP contribution in [0.1, 0.15) is 14.9 Å². The van der Waals surface area contributed by atoms with E-state index >= 15 is 0 Å². The van der Waals surface area contributed by atoms with Crippen molar-refractivity contribution in [3.63, 3.8) is 0 Å². The van der Waals surface area contributed by atoms with Crippen molar-refractivity contribution < 1.29 is 0 Å². The molecule has 25 heavy (non-hydrogen) atoms. The third kappa shape index (κ3) is 3.01. The predicted molar refractivity (Wildman–Crippen MR) is 117 cm³/mol. The second-order valence-corrected chi connectivity index (χ2v) is 9.33. The topological polar surface area (TPSA) is 0 Å². The van der Waals surface area contributed by atoms with Crippen molar-refractivity contribution in [2.75, 3.05) is 0 Å². The minimum absolute atomic E-state index is 0.0711. The van der Waals surface area contributed by atoms with Crippen LogP contribution in [-0.4, -0.2) is 0 Å². The van der Waals surface area contributed by atoms with Gasteiger partial charge in [-0.05, 0) is 43.8 Å². The molecule has 0 amide bonds. The molecule has 4 aromatic carbocycles. The molecule has 0 atom stereocenters. The summed E-state index contributed by atoms with van der Waals surface area (Å²) in [6.45, 7) is 0. The predicted octanol–water partition coefficient (Wildman–Crippen LogP) is 8.19. The zero-order chi connectivity index (χ0) is 17.4. The maximum atomic E-state index is 6.34. The van der Waals surface area contributed by atoms with Gasteiger partial charge < -0.3 is 0 Å². The number of rotatable bonds is 3. The molecule has 0 aromatic heterocycles. The molecule has 0 spiro atoms. The highest BCUT2D eigenvalue weighted by atomic mass is 79.9. The molecule has 0 N–H and O–H groups in total. The van der Waals surface area contributed by atoms with E-state index in [2.05, 4.69) is 105 Å². The van der Waals surface area contributed by atoms with E-state index in [-0.39, 0.29) is 3.74 Å².